The van der Waals surface area contributed by atoms with Gasteiger partial charge in [-0.3, -0.25) is 0 Å². The third-order valence-corrected chi connectivity index (χ3v) is 3.53. The molecule has 0 saturated carbocycles. The number of nitrogens with zero attached hydrogens (tertiary/aromatic N) is 2. The van der Waals surface area contributed by atoms with Crippen molar-refractivity contribution in [1.29, 1.82) is 0 Å². The van der Waals surface area contributed by atoms with Crippen molar-refractivity contribution in [2.24, 2.45) is 0 Å². The number of anilines is 2. The molecule has 1 aromatic heterocycles. The van der Waals surface area contributed by atoms with Gasteiger partial charge in [-0.05, 0) is 12.1 Å². The summed E-state index contributed by atoms with van der Waals surface area (Å²) in [5.41, 5.74) is 1.69. The number of aromatic nitrogens is 2. The van der Waals surface area contributed by atoms with Gasteiger partial charge in [0.15, 0.2) is 11.0 Å². The lowest BCUT2D eigenvalue weighted by atomic mass is 10.2. The van der Waals surface area contributed by atoms with Gasteiger partial charge in [-0.1, -0.05) is 33.6 Å². The van der Waals surface area contributed by atoms with Crippen LogP contribution in [-0.2, 0) is 6.54 Å². The Balaban J connectivity index is 2.19. The van der Waals surface area contributed by atoms with Gasteiger partial charge in [0.1, 0.15) is 17.8 Å². The van der Waals surface area contributed by atoms with Crippen molar-refractivity contribution in [2.45, 2.75) is 6.54 Å². The Morgan fingerprint density at radius 3 is 2.85 bits per heavy atom. The van der Waals surface area contributed by atoms with Crippen molar-refractivity contribution in [2.75, 3.05) is 24.8 Å². The Kier molecular flexibility index (Phi) is 5.03. The maximum atomic E-state index is 6.01. The lowest BCUT2D eigenvalue weighted by Gasteiger charge is -2.13. The van der Waals surface area contributed by atoms with Crippen LogP contribution in [0.15, 0.2) is 29.0 Å². The molecule has 0 aliphatic carbocycles. The normalized spacial score (nSPS) is 10.2. The number of rotatable bonds is 5. The fraction of sp³-hybridized carbons (Fsp3) is 0.231. The van der Waals surface area contributed by atoms with Crippen molar-refractivity contribution in [3.63, 3.8) is 0 Å². The minimum atomic E-state index is 0.382. The summed E-state index contributed by atoms with van der Waals surface area (Å²) >= 11 is 9.42. The van der Waals surface area contributed by atoms with Gasteiger partial charge >= 0.3 is 0 Å². The quantitative estimate of drug-likeness (QED) is 0.801. The number of hydrogen-bond donors (Lipinski definition) is 2. The zero-order valence-electron chi connectivity index (χ0n) is 11.1. The summed E-state index contributed by atoms with van der Waals surface area (Å²) in [6.07, 6.45) is 1.42. The monoisotopic (exact) mass is 356 g/mol. The van der Waals surface area contributed by atoms with Crippen LogP contribution in [0.4, 0.5) is 11.5 Å². The molecule has 0 bridgehead atoms. The minimum Gasteiger partial charge on any atom is -0.496 e. The van der Waals surface area contributed by atoms with E-state index in [1.54, 1.807) is 14.2 Å². The lowest BCUT2D eigenvalue weighted by molar-refractivity contribution is 0.410. The second-order valence-corrected chi connectivity index (χ2v) is 5.22. The first-order valence-electron chi connectivity index (χ1n) is 5.90. The van der Waals surface area contributed by atoms with Gasteiger partial charge < -0.3 is 15.4 Å². The minimum absolute atomic E-state index is 0.382. The van der Waals surface area contributed by atoms with Gasteiger partial charge in [0.05, 0.1) is 7.11 Å². The third kappa shape index (κ3) is 3.32. The molecular weight excluding hydrogens is 344 g/mol. The molecule has 0 aliphatic heterocycles. The predicted octanol–water partition coefficient (Wildman–Crippen LogP) is 3.55. The molecule has 106 valence electrons. The highest BCUT2D eigenvalue weighted by atomic mass is 79.9. The average molecular weight is 358 g/mol. The van der Waals surface area contributed by atoms with E-state index < -0.39 is 0 Å². The van der Waals surface area contributed by atoms with Crippen LogP contribution in [0.3, 0.4) is 0 Å². The summed E-state index contributed by atoms with van der Waals surface area (Å²) in [6, 6.07) is 5.87. The smallest absolute Gasteiger partial charge is 0.157 e. The zero-order chi connectivity index (χ0) is 14.5. The van der Waals surface area contributed by atoms with E-state index in [-0.39, 0.29) is 0 Å². The molecule has 0 amide bonds. The fourth-order valence-electron chi connectivity index (χ4n) is 1.76. The molecule has 1 aromatic carbocycles. The van der Waals surface area contributed by atoms with Gasteiger partial charge in [0, 0.05) is 23.6 Å². The van der Waals surface area contributed by atoms with E-state index in [4.69, 9.17) is 16.3 Å². The molecule has 0 atom stereocenters. The molecule has 20 heavy (non-hydrogen) atoms. The molecule has 2 aromatic rings. The Hall–Kier alpha value is -1.53. The third-order valence-electron chi connectivity index (χ3n) is 2.75. The van der Waals surface area contributed by atoms with Gasteiger partial charge in [0.2, 0.25) is 0 Å². The van der Waals surface area contributed by atoms with Crippen LogP contribution in [-0.4, -0.2) is 24.1 Å². The van der Waals surface area contributed by atoms with Gasteiger partial charge in [-0.25, -0.2) is 9.97 Å². The van der Waals surface area contributed by atoms with Gasteiger partial charge in [-0.2, -0.15) is 0 Å². The van der Waals surface area contributed by atoms with Gasteiger partial charge in [0.25, 0.3) is 0 Å². The fourth-order valence-corrected chi connectivity index (χ4v) is 2.33. The van der Waals surface area contributed by atoms with E-state index in [0.29, 0.717) is 23.2 Å². The molecule has 0 fully saturated rings. The maximum Gasteiger partial charge on any atom is 0.157 e. The topological polar surface area (TPSA) is 59.1 Å². The molecule has 7 heteroatoms. The predicted molar refractivity (Wildman–Crippen MR) is 84.6 cm³/mol. The first kappa shape index (κ1) is 14.9. The molecule has 5 nitrogen and oxygen atoms in total. The number of halogens is 2. The van der Waals surface area contributed by atoms with E-state index in [9.17, 15) is 0 Å². The maximum absolute atomic E-state index is 6.01. The first-order valence-corrected chi connectivity index (χ1v) is 7.07. The summed E-state index contributed by atoms with van der Waals surface area (Å²) in [4.78, 5) is 8.11. The highest BCUT2D eigenvalue weighted by Gasteiger charge is 2.09. The Morgan fingerprint density at radius 1 is 1.35 bits per heavy atom. The van der Waals surface area contributed by atoms with E-state index in [1.807, 2.05) is 18.2 Å². The number of methoxy groups -OCH3 is 1. The Bertz CT molecular complexity index is 609. The van der Waals surface area contributed by atoms with E-state index in [2.05, 4.69) is 36.5 Å². The van der Waals surface area contributed by atoms with Crippen LogP contribution in [0.25, 0.3) is 0 Å². The SMILES string of the molecule is CNc1c(Cl)ncnc1NCc1ccc(Br)cc1OC. The molecule has 1 heterocycles. The van der Waals surface area contributed by atoms with Crippen molar-refractivity contribution >= 4 is 39.0 Å². The molecule has 2 rings (SSSR count). The number of benzene rings is 1. The van der Waals surface area contributed by atoms with Crippen molar-refractivity contribution in [3.05, 3.63) is 39.7 Å². The van der Waals surface area contributed by atoms with E-state index >= 15 is 0 Å². The van der Waals surface area contributed by atoms with E-state index in [1.165, 1.54) is 6.33 Å². The first-order chi connectivity index (χ1) is 9.65. The summed E-state index contributed by atoms with van der Waals surface area (Å²) in [5, 5.41) is 6.58. The molecule has 0 radical (unpaired) electrons. The van der Waals surface area contributed by atoms with Gasteiger partial charge in [-0.15, -0.1) is 0 Å². The molecule has 0 spiro atoms. The largest absolute Gasteiger partial charge is 0.496 e. The second-order valence-electron chi connectivity index (χ2n) is 3.95. The summed E-state index contributed by atoms with van der Waals surface area (Å²) in [6.45, 7) is 0.568. The van der Waals surface area contributed by atoms with Crippen LogP contribution in [0, 0.1) is 0 Å². The highest BCUT2D eigenvalue weighted by molar-refractivity contribution is 9.10. The van der Waals surface area contributed by atoms with E-state index in [0.717, 1.165) is 15.8 Å². The number of ether oxygens (including phenoxy) is 1. The average Bonchev–Trinajstić information content (AvgIpc) is 2.45. The van der Waals surface area contributed by atoms with Crippen molar-refractivity contribution in [1.82, 2.24) is 9.97 Å². The highest BCUT2D eigenvalue weighted by Crippen LogP contribution is 2.28. The molecule has 0 unspecified atom stereocenters. The Labute approximate surface area is 130 Å². The van der Waals surface area contributed by atoms with Crippen LogP contribution < -0.4 is 15.4 Å². The summed E-state index contributed by atoms with van der Waals surface area (Å²) < 4.78 is 6.32. The molecular formula is C13H14BrClN4O. The second kappa shape index (κ2) is 6.76. The van der Waals surface area contributed by atoms with Crippen LogP contribution in [0.1, 0.15) is 5.56 Å². The molecule has 0 aliphatic rings. The van der Waals surface area contributed by atoms with Crippen molar-refractivity contribution < 1.29 is 4.74 Å². The lowest BCUT2D eigenvalue weighted by Crippen LogP contribution is -2.07. The summed E-state index contributed by atoms with van der Waals surface area (Å²) in [5.74, 6) is 1.45. The molecule has 0 saturated heterocycles. The van der Waals surface area contributed by atoms with Crippen molar-refractivity contribution in [3.8, 4) is 5.75 Å². The van der Waals surface area contributed by atoms with Crippen LogP contribution >= 0.6 is 27.5 Å². The standard InChI is InChI=1S/C13H14BrClN4O/c1-16-11-12(15)18-7-19-13(11)17-6-8-3-4-9(14)5-10(8)20-2/h3-5,7,16H,6H2,1-2H3,(H,17,18,19). The zero-order valence-corrected chi connectivity index (χ0v) is 13.4. The van der Waals surface area contributed by atoms with Crippen LogP contribution in [0.2, 0.25) is 5.15 Å². The summed E-state index contributed by atoms with van der Waals surface area (Å²) in [7, 11) is 3.42. The molecule has 2 N–H and O–H groups in total. The Morgan fingerprint density at radius 2 is 2.15 bits per heavy atom. The number of hydrogen-bond acceptors (Lipinski definition) is 5. The number of nitrogens with one attached hydrogen (secondary N) is 2. The van der Waals surface area contributed by atoms with Crippen LogP contribution in [0.5, 0.6) is 5.75 Å².